The van der Waals surface area contributed by atoms with Gasteiger partial charge in [0.25, 0.3) is 0 Å². The van der Waals surface area contributed by atoms with Gasteiger partial charge in [-0.3, -0.25) is 0 Å². The number of benzene rings is 1. The largest absolute Gasteiger partial charge is 0.461 e. The van der Waals surface area contributed by atoms with Gasteiger partial charge in [0.15, 0.2) is 0 Å². The Kier molecular flexibility index (Phi) is 4.46. The highest BCUT2D eigenvalue weighted by atomic mass is 79.9. The number of thiophene rings is 1. The van der Waals surface area contributed by atoms with Gasteiger partial charge >= 0.3 is 5.97 Å². The predicted molar refractivity (Wildman–Crippen MR) is 99.6 cm³/mol. The number of esters is 1. The maximum Gasteiger partial charge on any atom is 0.355 e. The van der Waals surface area contributed by atoms with Gasteiger partial charge in [-0.1, -0.05) is 12.1 Å². The number of nitrogens with zero attached hydrogens (tertiary/aromatic N) is 1. The minimum Gasteiger partial charge on any atom is -0.461 e. The van der Waals surface area contributed by atoms with Crippen molar-refractivity contribution < 1.29 is 9.53 Å². The Bertz CT molecular complexity index is 849. The van der Waals surface area contributed by atoms with E-state index < -0.39 is 0 Å². The highest BCUT2D eigenvalue weighted by molar-refractivity contribution is 9.10. The average molecular weight is 393 g/mol. The number of halogens is 1. The maximum absolute atomic E-state index is 11.9. The van der Waals surface area contributed by atoms with Crippen LogP contribution >= 0.6 is 27.3 Å². The SMILES string of the molecule is CCOC(=O)c1[nH]c2cc(-c3ccc(N(C)C)cc3)sc2c1Br. The highest BCUT2D eigenvalue weighted by Crippen LogP contribution is 2.39. The van der Waals surface area contributed by atoms with Crippen LogP contribution < -0.4 is 4.90 Å². The predicted octanol–water partition coefficient (Wildman–Crippen LogP) is 4.90. The molecule has 1 N–H and O–H groups in total. The lowest BCUT2D eigenvalue weighted by molar-refractivity contribution is 0.0519. The molecule has 23 heavy (non-hydrogen) atoms. The quantitative estimate of drug-likeness (QED) is 0.642. The van der Waals surface area contributed by atoms with Crippen LogP contribution in [-0.4, -0.2) is 31.7 Å². The summed E-state index contributed by atoms with van der Waals surface area (Å²) in [5.74, 6) is -0.334. The number of nitrogens with one attached hydrogen (secondary N) is 1. The number of fused-ring (bicyclic) bond motifs is 1. The Hall–Kier alpha value is -1.79. The Balaban J connectivity index is 1.96. The van der Waals surface area contributed by atoms with Crippen LogP contribution in [0.4, 0.5) is 5.69 Å². The van der Waals surface area contributed by atoms with E-state index in [4.69, 9.17) is 4.74 Å². The lowest BCUT2D eigenvalue weighted by atomic mass is 10.1. The van der Waals surface area contributed by atoms with Crippen LogP contribution in [-0.2, 0) is 4.74 Å². The molecule has 0 amide bonds. The van der Waals surface area contributed by atoms with Crippen molar-refractivity contribution in [1.29, 1.82) is 0 Å². The zero-order valence-corrected chi connectivity index (χ0v) is 15.5. The van der Waals surface area contributed by atoms with Gasteiger partial charge in [0.1, 0.15) is 5.69 Å². The first-order valence-corrected chi connectivity index (χ1v) is 8.88. The minimum atomic E-state index is -0.334. The van der Waals surface area contributed by atoms with E-state index in [1.165, 1.54) is 5.69 Å². The van der Waals surface area contributed by atoms with Crippen LogP contribution in [0.25, 0.3) is 20.7 Å². The zero-order valence-electron chi connectivity index (χ0n) is 13.1. The van der Waals surface area contributed by atoms with Gasteiger partial charge in [-0.25, -0.2) is 4.79 Å². The molecule has 0 aliphatic heterocycles. The van der Waals surface area contributed by atoms with E-state index in [0.29, 0.717) is 12.3 Å². The van der Waals surface area contributed by atoms with Gasteiger partial charge in [-0.05, 0) is 46.6 Å². The summed E-state index contributed by atoms with van der Waals surface area (Å²) >= 11 is 5.16. The molecule has 0 atom stereocenters. The molecule has 0 bridgehead atoms. The molecule has 0 unspecified atom stereocenters. The summed E-state index contributed by atoms with van der Waals surface area (Å²) in [6, 6.07) is 10.5. The molecule has 120 valence electrons. The van der Waals surface area contributed by atoms with Crippen LogP contribution in [0.5, 0.6) is 0 Å². The van der Waals surface area contributed by atoms with E-state index in [1.807, 2.05) is 14.1 Å². The third-order valence-corrected chi connectivity index (χ3v) is 5.82. The first kappa shape index (κ1) is 16.1. The Morgan fingerprint density at radius 2 is 2.00 bits per heavy atom. The lowest BCUT2D eigenvalue weighted by Crippen LogP contribution is -2.07. The first-order chi connectivity index (χ1) is 11.0. The second kappa shape index (κ2) is 6.37. The molecule has 0 aliphatic rings. The van der Waals surface area contributed by atoms with Crippen LogP contribution in [0.3, 0.4) is 0 Å². The number of hydrogen-bond donors (Lipinski definition) is 1. The van der Waals surface area contributed by atoms with Crippen molar-refractivity contribution in [2.45, 2.75) is 6.92 Å². The van der Waals surface area contributed by atoms with Gasteiger partial charge in [0.05, 0.1) is 21.3 Å². The van der Waals surface area contributed by atoms with Gasteiger partial charge < -0.3 is 14.6 Å². The Morgan fingerprint density at radius 1 is 1.30 bits per heavy atom. The second-order valence-electron chi connectivity index (χ2n) is 5.33. The molecular weight excluding hydrogens is 376 g/mol. The van der Waals surface area contributed by atoms with Crippen LogP contribution in [0.2, 0.25) is 0 Å². The summed E-state index contributed by atoms with van der Waals surface area (Å²) in [6.45, 7) is 2.16. The Labute approximate surface area is 147 Å². The fourth-order valence-corrected chi connectivity index (χ4v) is 4.14. The summed E-state index contributed by atoms with van der Waals surface area (Å²) < 4.78 is 6.86. The first-order valence-electron chi connectivity index (χ1n) is 7.27. The van der Waals surface area contributed by atoms with E-state index >= 15 is 0 Å². The molecule has 3 rings (SSSR count). The molecule has 0 saturated heterocycles. The molecule has 4 nitrogen and oxygen atoms in total. The lowest BCUT2D eigenvalue weighted by Gasteiger charge is -2.12. The summed E-state index contributed by atoms with van der Waals surface area (Å²) in [7, 11) is 4.05. The molecule has 0 aliphatic carbocycles. The van der Waals surface area contributed by atoms with Crippen LogP contribution in [0.15, 0.2) is 34.8 Å². The molecule has 0 radical (unpaired) electrons. The minimum absolute atomic E-state index is 0.334. The normalized spacial score (nSPS) is 11.0. The number of carbonyl (C=O) groups excluding carboxylic acids is 1. The van der Waals surface area contributed by atoms with Gasteiger partial charge in [-0.15, -0.1) is 11.3 Å². The number of aromatic nitrogens is 1. The van der Waals surface area contributed by atoms with Crippen molar-refractivity contribution in [3.05, 3.63) is 40.5 Å². The highest BCUT2D eigenvalue weighted by Gasteiger charge is 2.19. The van der Waals surface area contributed by atoms with Gasteiger partial charge in [0.2, 0.25) is 0 Å². The summed E-state index contributed by atoms with van der Waals surface area (Å²) in [5.41, 5.74) is 3.75. The van der Waals surface area contributed by atoms with Crippen molar-refractivity contribution in [2.75, 3.05) is 25.6 Å². The Morgan fingerprint density at radius 3 is 2.57 bits per heavy atom. The van der Waals surface area contributed by atoms with Crippen molar-refractivity contribution >= 4 is 49.1 Å². The van der Waals surface area contributed by atoms with Gasteiger partial charge in [0, 0.05) is 24.7 Å². The van der Waals surface area contributed by atoms with Crippen molar-refractivity contribution in [3.63, 3.8) is 0 Å². The van der Waals surface area contributed by atoms with E-state index in [2.05, 4.69) is 56.1 Å². The smallest absolute Gasteiger partial charge is 0.355 e. The maximum atomic E-state index is 11.9. The van der Waals surface area contributed by atoms with E-state index in [-0.39, 0.29) is 5.97 Å². The molecule has 0 saturated carbocycles. The summed E-state index contributed by atoms with van der Waals surface area (Å²) in [4.78, 5) is 18.3. The van der Waals surface area contributed by atoms with Crippen LogP contribution in [0, 0.1) is 0 Å². The number of ether oxygens (including phenoxy) is 1. The fraction of sp³-hybridized carbons (Fsp3) is 0.235. The molecule has 2 aromatic heterocycles. The molecular formula is C17H17BrN2O2S. The van der Waals surface area contributed by atoms with Crippen molar-refractivity contribution in [3.8, 4) is 10.4 Å². The average Bonchev–Trinajstić information content (AvgIpc) is 3.07. The van der Waals surface area contributed by atoms with Crippen molar-refractivity contribution in [1.82, 2.24) is 4.98 Å². The third-order valence-electron chi connectivity index (χ3n) is 3.56. The monoisotopic (exact) mass is 392 g/mol. The topological polar surface area (TPSA) is 45.3 Å². The van der Waals surface area contributed by atoms with Gasteiger partial charge in [-0.2, -0.15) is 0 Å². The molecule has 2 heterocycles. The molecule has 1 aromatic carbocycles. The second-order valence-corrected chi connectivity index (χ2v) is 7.17. The fourth-order valence-electron chi connectivity index (χ4n) is 2.36. The number of hydrogen-bond acceptors (Lipinski definition) is 4. The molecule has 6 heteroatoms. The van der Waals surface area contributed by atoms with Crippen molar-refractivity contribution in [2.24, 2.45) is 0 Å². The standard InChI is InChI=1S/C17H17BrN2O2S/c1-4-22-17(21)15-14(18)16-12(19-15)9-13(23-16)10-5-7-11(8-6-10)20(2)3/h5-9,19H,4H2,1-3H3. The summed E-state index contributed by atoms with van der Waals surface area (Å²) in [5, 5.41) is 0. The number of anilines is 1. The van der Waals surface area contributed by atoms with E-state index in [9.17, 15) is 4.79 Å². The number of carbonyl (C=O) groups is 1. The summed E-state index contributed by atoms with van der Waals surface area (Å²) in [6.07, 6.45) is 0. The number of aromatic amines is 1. The number of rotatable bonds is 4. The third kappa shape index (κ3) is 3.01. The van der Waals surface area contributed by atoms with E-state index in [0.717, 1.165) is 25.1 Å². The zero-order chi connectivity index (χ0) is 16.6. The molecule has 0 spiro atoms. The molecule has 3 aromatic rings. The molecule has 0 fully saturated rings. The van der Waals surface area contributed by atoms with E-state index in [1.54, 1.807) is 18.3 Å². The van der Waals surface area contributed by atoms with Crippen LogP contribution in [0.1, 0.15) is 17.4 Å². The number of H-pyrrole nitrogens is 1.